The summed E-state index contributed by atoms with van der Waals surface area (Å²) in [4.78, 5) is 13.1. The van der Waals surface area contributed by atoms with Gasteiger partial charge in [0.2, 0.25) is 5.91 Å². The van der Waals surface area contributed by atoms with Gasteiger partial charge in [0.1, 0.15) is 0 Å². The van der Waals surface area contributed by atoms with E-state index in [1.165, 1.54) is 5.56 Å². The molecule has 1 aromatic carbocycles. The topological polar surface area (TPSA) is 20.3 Å². The third kappa shape index (κ3) is 3.39. The van der Waals surface area contributed by atoms with Gasteiger partial charge in [-0.3, -0.25) is 4.79 Å². The minimum absolute atomic E-state index is 0.149. The molecule has 1 rings (SSSR count). The lowest BCUT2D eigenvalue weighted by atomic mass is 9.99. The molecule has 1 aromatic rings. The van der Waals surface area contributed by atoms with Gasteiger partial charge in [-0.1, -0.05) is 38.1 Å². The van der Waals surface area contributed by atoms with E-state index in [0.717, 1.165) is 5.56 Å². The second kappa shape index (κ2) is 4.96. The first-order valence-electron chi connectivity index (χ1n) is 5.29. The maximum atomic E-state index is 11.5. The minimum Gasteiger partial charge on any atom is -0.349 e. The molecule has 0 heterocycles. The van der Waals surface area contributed by atoms with E-state index in [2.05, 4.69) is 26.0 Å². The molecule has 0 spiro atoms. The molecule has 0 unspecified atom stereocenters. The Labute approximate surface area is 91.9 Å². The maximum absolute atomic E-state index is 11.5. The van der Waals surface area contributed by atoms with Gasteiger partial charge < -0.3 is 4.90 Å². The summed E-state index contributed by atoms with van der Waals surface area (Å²) in [7, 11) is 3.57. The zero-order valence-corrected chi connectivity index (χ0v) is 9.95. The van der Waals surface area contributed by atoms with Crippen LogP contribution in [0.25, 0.3) is 0 Å². The van der Waals surface area contributed by atoms with E-state index in [0.29, 0.717) is 12.3 Å². The van der Waals surface area contributed by atoms with Crippen LogP contribution < -0.4 is 0 Å². The molecule has 0 N–H and O–H groups in total. The standard InChI is InChI=1S/C13H19NO/c1-10(2)12-7-5-6-11(8-12)9-13(15)14(3)4/h5-8,10H,9H2,1-4H3. The van der Waals surface area contributed by atoms with Crippen molar-refractivity contribution in [2.24, 2.45) is 0 Å². The van der Waals surface area contributed by atoms with Crippen LogP contribution >= 0.6 is 0 Å². The third-order valence-electron chi connectivity index (χ3n) is 2.47. The quantitative estimate of drug-likeness (QED) is 0.742. The van der Waals surface area contributed by atoms with Crippen LogP contribution in [0.5, 0.6) is 0 Å². The van der Waals surface area contributed by atoms with Crippen molar-refractivity contribution in [3.8, 4) is 0 Å². The molecule has 82 valence electrons. The first-order chi connectivity index (χ1) is 7.00. The molecule has 2 heteroatoms. The molecule has 0 fully saturated rings. The van der Waals surface area contributed by atoms with Crippen LogP contribution in [0.3, 0.4) is 0 Å². The highest BCUT2D eigenvalue weighted by Crippen LogP contribution is 2.16. The smallest absolute Gasteiger partial charge is 0.226 e. The second-order valence-corrected chi connectivity index (χ2v) is 4.36. The lowest BCUT2D eigenvalue weighted by Crippen LogP contribution is -2.23. The predicted octanol–water partition coefficient (Wildman–Crippen LogP) is 2.44. The molecule has 0 radical (unpaired) electrons. The third-order valence-corrected chi connectivity index (χ3v) is 2.47. The number of nitrogens with zero attached hydrogens (tertiary/aromatic N) is 1. The van der Waals surface area contributed by atoms with Crippen molar-refractivity contribution in [2.45, 2.75) is 26.2 Å². The Morgan fingerprint density at radius 1 is 1.33 bits per heavy atom. The molecule has 0 aliphatic heterocycles. The van der Waals surface area contributed by atoms with Crippen molar-refractivity contribution in [1.82, 2.24) is 4.90 Å². The van der Waals surface area contributed by atoms with Crippen molar-refractivity contribution in [3.63, 3.8) is 0 Å². The van der Waals surface area contributed by atoms with Gasteiger partial charge in [0, 0.05) is 14.1 Å². The van der Waals surface area contributed by atoms with Crippen molar-refractivity contribution in [2.75, 3.05) is 14.1 Å². The van der Waals surface area contributed by atoms with E-state index in [1.54, 1.807) is 19.0 Å². The zero-order chi connectivity index (χ0) is 11.4. The van der Waals surface area contributed by atoms with Crippen molar-refractivity contribution in [3.05, 3.63) is 35.4 Å². The van der Waals surface area contributed by atoms with E-state index in [9.17, 15) is 4.79 Å². The van der Waals surface area contributed by atoms with Gasteiger partial charge in [-0.25, -0.2) is 0 Å². The molecule has 1 amide bonds. The lowest BCUT2D eigenvalue weighted by molar-refractivity contribution is -0.127. The second-order valence-electron chi connectivity index (χ2n) is 4.36. The summed E-state index contributed by atoms with van der Waals surface area (Å²) in [5, 5.41) is 0. The molecular weight excluding hydrogens is 186 g/mol. The molecule has 2 nitrogen and oxygen atoms in total. The Morgan fingerprint density at radius 3 is 2.53 bits per heavy atom. The monoisotopic (exact) mass is 205 g/mol. The van der Waals surface area contributed by atoms with Crippen molar-refractivity contribution >= 4 is 5.91 Å². The Morgan fingerprint density at radius 2 is 2.00 bits per heavy atom. The summed E-state index contributed by atoms with van der Waals surface area (Å²) in [5.74, 6) is 0.662. The molecule has 0 bridgehead atoms. The van der Waals surface area contributed by atoms with Gasteiger partial charge in [-0.05, 0) is 17.0 Å². The van der Waals surface area contributed by atoms with Crippen LogP contribution in [0.15, 0.2) is 24.3 Å². The Balaban J connectivity index is 2.78. The van der Waals surface area contributed by atoms with Gasteiger partial charge in [0.05, 0.1) is 6.42 Å². The number of hydrogen-bond acceptors (Lipinski definition) is 1. The van der Waals surface area contributed by atoms with Gasteiger partial charge in [-0.15, -0.1) is 0 Å². The summed E-state index contributed by atoms with van der Waals surface area (Å²) in [6.45, 7) is 4.32. The predicted molar refractivity (Wildman–Crippen MR) is 62.9 cm³/mol. The van der Waals surface area contributed by atoms with E-state index in [4.69, 9.17) is 0 Å². The molecule has 0 atom stereocenters. The highest BCUT2D eigenvalue weighted by molar-refractivity contribution is 5.78. The number of rotatable bonds is 3. The number of hydrogen-bond donors (Lipinski definition) is 0. The SMILES string of the molecule is CC(C)c1cccc(CC(=O)N(C)C)c1. The Hall–Kier alpha value is -1.31. The molecule has 0 aliphatic carbocycles. The van der Waals surface area contributed by atoms with Gasteiger partial charge in [0.25, 0.3) is 0 Å². The number of amides is 1. The summed E-state index contributed by atoms with van der Waals surface area (Å²) >= 11 is 0. The number of carbonyl (C=O) groups is 1. The fraction of sp³-hybridized carbons (Fsp3) is 0.462. The normalized spacial score (nSPS) is 10.5. The van der Waals surface area contributed by atoms with E-state index < -0.39 is 0 Å². The zero-order valence-electron chi connectivity index (χ0n) is 9.95. The van der Waals surface area contributed by atoms with Crippen molar-refractivity contribution in [1.29, 1.82) is 0 Å². The van der Waals surface area contributed by atoms with Crippen molar-refractivity contribution < 1.29 is 4.79 Å². The summed E-state index contributed by atoms with van der Waals surface area (Å²) < 4.78 is 0. The summed E-state index contributed by atoms with van der Waals surface area (Å²) in [6.07, 6.45) is 0.494. The Kier molecular flexibility index (Phi) is 3.89. The fourth-order valence-electron chi connectivity index (χ4n) is 1.39. The van der Waals surface area contributed by atoms with Crippen LogP contribution in [-0.4, -0.2) is 24.9 Å². The van der Waals surface area contributed by atoms with E-state index in [-0.39, 0.29) is 5.91 Å². The molecule has 15 heavy (non-hydrogen) atoms. The number of likely N-dealkylation sites (N-methyl/N-ethyl adjacent to an activating group) is 1. The van der Waals surface area contributed by atoms with Gasteiger partial charge >= 0.3 is 0 Å². The molecule has 0 aromatic heterocycles. The molecule has 0 aliphatic rings. The van der Waals surface area contributed by atoms with Crippen LogP contribution in [0.4, 0.5) is 0 Å². The summed E-state index contributed by atoms with van der Waals surface area (Å²) in [6, 6.07) is 8.25. The van der Waals surface area contributed by atoms with Gasteiger partial charge in [0.15, 0.2) is 0 Å². The van der Waals surface area contributed by atoms with Crippen LogP contribution in [0.1, 0.15) is 30.9 Å². The Bertz CT molecular complexity index is 342. The fourth-order valence-corrected chi connectivity index (χ4v) is 1.39. The summed E-state index contributed by atoms with van der Waals surface area (Å²) in [5.41, 5.74) is 2.39. The highest BCUT2D eigenvalue weighted by atomic mass is 16.2. The van der Waals surface area contributed by atoms with Crippen LogP contribution in [0, 0.1) is 0 Å². The highest BCUT2D eigenvalue weighted by Gasteiger charge is 2.06. The van der Waals surface area contributed by atoms with E-state index in [1.807, 2.05) is 12.1 Å². The average Bonchev–Trinajstić information content (AvgIpc) is 2.18. The minimum atomic E-state index is 0.149. The van der Waals surface area contributed by atoms with Crippen LogP contribution in [-0.2, 0) is 11.2 Å². The first kappa shape index (κ1) is 11.8. The first-order valence-corrected chi connectivity index (χ1v) is 5.29. The molecular formula is C13H19NO. The van der Waals surface area contributed by atoms with Crippen LogP contribution in [0.2, 0.25) is 0 Å². The average molecular weight is 205 g/mol. The van der Waals surface area contributed by atoms with Gasteiger partial charge in [-0.2, -0.15) is 0 Å². The van der Waals surface area contributed by atoms with E-state index >= 15 is 0 Å². The number of benzene rings is 1. The molecule has 0 saturated heterocycles. The lowest BCUT2D eigenvalue weighted by Gasteiger charge is -2.11. The largest absolute Gasteiger partial charge is 0.349 e. The molecule has 0 saturated carbocycles. The number of carbonyl (C=O) groups excluding carboxylic acids is 1. The maximum Gasteiger partial charge on any atom is 0.226 e.